The highest BCUT2D eigenvalue weighted by Crippen LogP contribution is 2.13. The molecule has 0 aromatic heterocycles. The monoisotopic (exact) mass is 295 g/mol. The molecule has 2 amide bonds. The number of halogens is 3. The normalized spacial score (nSPS) is 19.4. The number of amides is 2. The first-order valence-corrected chi connectivity index (χ1v) is 5.94. The molecule has 0 radical (unpaired) electrons. The second-order valence-electron chi connectivity index (χ2n) is 4.11. The lowest BCUT2D eigenvalue weighted by atomic mass is 10.2. The average Bonchev–Trinajstić information content (AvgIpc) is 2.41. The zero-order valence-corrected chi connectivity index (χ0v) is 10.7. The van der Waals surface area contributed by atoms with E-state index in [-0.39, 0.29) is 19.7 Å². The molecule has 6 nitrogen and oxygen atoms in total. The van der Waals surface area contributed by atoms with E-state index in [1.165, 1.54) is 6.08 Å². The molecule has 9 heteroatoms. The van der Waals surface area contributed by atoms with Crippen molar-refractivity contribution in [1.82, 2.24) is 15.5 Å². The molecule has 1 aliphatic heterocycles. The minimum absolute atomic E-state index is 0.0281. The van der Waals surface area contributed by atoms with Gasteiger partial charge in [0, 0.05) is 19.6 Å². The molecule has 0 aromatic carbocycles. The fourth-order valence-corrected chi connectivity index (χ4v) is 1.68. The lowest BCUT2D eigenvalue weighted by Crippen LogP contribution is -2.60. The number of ether oxygens (including phenoxy) is 1. The minimum atomic E-state index is -4.49. The second kappa shape index (κ2) is 7.13. The van der Waals surface area contributed by atoms with Gasteiger partial charge in [-0.3, -0.25) is 9.69 Å². The molecule has 0 spiro atoms. The van der Waals surface area contributed by atoms with E-state index < -0.39 is 30.8 Å². The molecule has 0 aromatic rings. The zero-order chi connectivity index (χ0) is 15.2. The maximum atomic E-state index is 12.1. The molecule has 0 unspecified atom stereocenters. The molecule has 1 aliphatic rings. The van der Waals surface area contributed by atoms with Crippen molar-refractivity contribution >= 4 is 12.0 Å². The topological polar surface area (TPSA) is 70.7 Å². The molecule has 1 heterocycles. The van der Waals surface area contributed by atoms with Crippen LogP contribution in [0.15, 0.2) is 12.7 Å². The van der Waals surface area contributed by atoms with Gasteiger partial charge in [0.1, 0.15) is 19.2 Å². The summed E-state index contributed by atoms with van der Waals surface area (Å²) in [5, 5.41) is 4.60. The van der Waals surface area contributed by atoms with Gasteiger partial charge in [-0.05, 0) is 0 Å². The summed E-state index contributed by atoms with van der Waals surface area (Å²) in [6.07, 6.45) is -3.89. The molecule has 2 N–H and O–H groups in total. The van der Waals surface area contributed by atoms with Crippen molar-refractivity contribution in [3.8, 4) is 0 Å². The Hall–Kier alpha value is -1.77. The number of hydrogen-bond donors (Lipinski definition) is 2. The molecule has 1 saturated heterocycles. The van der Waals surface area contributed by atoms with E-state index in [4.69, 9.17) is 4.74 Å². The number of hydrogen-bond acceptors (Lipinski definition) is 4. The van der Waals surface area contributed by atoms with Crippen LogP contribution >= 0.6 is 0 Å². The lowest BCUT2D eigenvalue weighted by Gasteiger charge is -2.34. The summed E-state index contributed by atoms with van der Waals surface area (Å²) in [6, 6.07) is -1.02. The van der Waals surface area contributed by atoms with Crippen LogP contribution in [0.1, 0.15) is 0 Å². The van der Waals surface area contributed by atoms with E-state index in [1.807, 2.05) is 0 Å². The van der Waals surface area contributed by atoms with Gasteiger partial charge in [-0.1, -0.05) is 12.7 Å². The van der Waals surface area contributed by atoms with Crippen molar-refractivity contribution in [2.75, 3.05) is 32.8 Å². The Morgan fingerprint density at radius 1 is 1.50 bits per heavy atom. The van der Waals surface area contributed by atoms with Crippen LogP contribution in [0.3, 0.4) is 0 Å². The molecule has 20 heavy (non-hydrogen) atoms. The van der Waals surface area contributed by atoms with Crippen LogP contribution in [-0.2, 0) is 9.53 Å². The van der Waals surface area contributed by atoms with E-state index in [0.29, 0.717) is 6.54 Å². The van der Waals surface area contributed by atoms with Crippen LogP contribution in [0, 0.1) is 0 Å². The number of piperazine rings is 1. The Labute approximate surface area is 113 Å². The third-order valence-corrected chi connectivity index (χ3v) is 2.57. The van der Waals surface area contributed by atoms with Crippen LogP contribution in [0.25, 0.3) is 0 Å². The Kier molecular flexibility index (Phi) is 5.81. The highest BCUT2D eigenvalue weighted by molar-refractivity contribution is 5.86. The Bertz CT molecular complexity index is 374. The average molecular weight is 295 g/mol. The highest BCUT2D eigenvalue weighted by Gasteiger charge is 2.35. The summed E-state index contributed by atoms with van der Waals surface area (Å²) in [5.41, 5.74) is 0. The molecule has 1 rings (SSSR count). The molecule has 0 aliphatic carbocycles. The first-order valence-electron chi connectivity index (χ1n) is 5.94. The molecule has 0 bridgehead atoms. The standard InChI is InChI=1S/C11H16F3N3O3/c1-2-5-20-10(19)17-4-3-15-6-8(17)9(18)16-7-11(12,13)14/h2,8,15H,1,3-7H2,(H,16,18)/t8-/m0/s1. The Morgan fingerprint density at radius 2 is 2.20 bits per heavy atom. The maximum Gasteiger partial charge on any atom is 0.410 e. The summed E-state index contributed by atoms with van der Waals surface area (Å²) in [4.78, 5) is 24.5. The number of alkyl halides is 3. The second-order valence-corrected chi connectivity index (χ2v) is 4.11. The first kappa shape index (κ1) is 16.3. The highest BCUT2D eigenvalue weighted by atomic mass is 19.4. The third kappa shape index (κ3) is 5.08. The van der Waals surface area contributed by atoms with Gasteiger partial charge in [0.05, 0.1) is 0 Å². The molecule has 114 valence electrons. The SMILES string of the molecule is C=CCOC(=O)N1CCNC[C@H]1C(=O)NCC(F)(F)F. The van der Waals surface area contributed by atoms with E-state index in [9.17, 15) is 22.8 Å². The van der Waals surface area contributed by atoms with Crippen molar-refractivity contribution in [3.05, 3.63) is 12.7 Å². The summed E-state index contributed by atoms with van der Waals surface area (Å²) in [5.74, 6) is -0.870. The Morgan fingerprint density at radius 3 is 2.80 bits per heavy atom. The van der Waals surface area contributed by atoms with Gasteiger partial charge < -0.3 is 15.4 Å². The van der Waals surface area contributed by atoms with Crippen molar-refractivity contribution in [2.45, 2.75) is 12.2 Å². The van der Waals surface area contributed by atoms with Crippen molar-refractivity contribution in [2.24, 2.45) is 0 Å². The minimum Gasteiger partial charge on any atom is -0.445 e. The van der Waals surface area contributed by atoms with Crippen molar-refractivity contribution in [3.63, 3.8) is 0 Å². The number of carbonyl (C=O) groups is 2. The van der Waals surface area contributed by atoms with Crippen LogP contribution in [-0.4, -0.2) is 61.9 Å². The molecular formula is C11H16F3N3O3. The molecule has 1 atom stereocenters. The summed E-state index contributed by atoms with van der Waals surface area (Å²) < 4.78 is 41.0. The van der Waals surface area contributed by atoms with Gasteiger partial charge in [-0.15, -0.1) is 0 Å². The van der Waals surface area contributed by atoms with Gasteiger partial charge >= 0.3 is 12.3 Å². The van der Waals surface area contributed by atoms with Gasteiger partial charge in [0.2, 0.25) is 5.91 Å². The predicted molar refractivity (Wildman–Crippen MR) is 64.0 cm³/mol. The first-order chi connectivity index (χ1) is 9.35. The maximum absolute atomic E-state index is 12.1. The Balaban J connectivity index is 2.61. The summed E-state index contributed by atoms with van der Waals surface area (Å²) >= 11 is 0. The van der Waals surface area contributed by atoms with Crippen molar-refractivity contribution in [1.29, 1.82) is 0 Å². The number of nitrogens with one attached hydrogen (secondary N) is 2. The molecular weight excluding hydrogens is 279 g/mol. The van der Waals surface area contributed by atoms with Gasteiger partial charge in [0.25, 0.3) is 0 Å². The number of carbonyl (C=O) groups excluding carboxylic acids is 2. The smallest absolute Gasteiger partial charge is 0.410 e. The predicted octanol–water partition coefficient (Wildman–Crippen LogP) is 0.261. The number of nitrogens with zero attached hydrogens (tertiary/aromatic N) is 1. The van der Waals surface area contributed by atoms with Crippen LogP contribution in [0.4, 0.5) is 18.0 Å². The van der Waals surface area contributed by atoms with Gasteiger partial charge in [-0.2, -0.15) is 13.2 Å². The van der Waals surface area contributed by atoms with Gasteiger partial charge in [0.15, 0.2) is 0 Å². The summed E-state index contributed by atoms with van der Waals surface area (Å²) in [7, 11) is 0. The lowest BCUT2D eigenvalue weighted by molar-refractivity contribution is -0.141. The largest absolute Gasteiger partial charge is 0.445 e. The molecule has 0 saturated carbocycles. The van der Waals surface area contributed by atoms with Crippen molar-refractivity contribution < 1.29 is 27.5 Å². The number of rotatable bonds is 4. The van der Waals surface area contributed by atoms with E-state index in [0.717, 1.165) is 4.90 Å². The van der Waals surface area contributed by atoms with Crippen LogP contribution < -0.4 is 10.6 Å². The van der Waals surface area contributed by atoms with E-state index in [1.54, 1.807) is 5.32 Å². The molecule has 1 fully saturated rings. The van der Waals surface area contributed by atoms with Crippen LogP contribution in [0.5, 0.6) is 0 Å². The fraction of sp³-hybridized carbons (Fsp3) is 0.636. The fourth-order valence-electron chi connectivity index (χ4n) is 1.68. The zero-order valence-electron chi connectivity index (χ0n) is 10.7. The van der Waals surface area contributed by atoms with Crippen LogP contribution in [0.2, 0.25) is 0 Å². The third-order valence-electron chi connectivity index (χ3n) is 2.57. The van der Waals surface area contributed by atoms with Gasteiger partial charge in [-0.25, -0.2) is 4.79 Å². The summed E-state index contributed by atoms with van der Waals surface area (Å²) in [6.45, 7) is 2.61. The van der Waals surface area contributed by atoms with E-state index in [2.05, 4.69) is 11.9 Å². The quantitative estimate of drug-likeness (QED) is 0.730. The van der Waals surface area contributed by atoms with E-state index >= 15 is 0 Å².